The summed E-state index contributed by atoms with van der Waals surface area (Å²) >= 11 is 0. The van der Waals surface area contributed by atoms with Crippen molar-refractivity contribution in [2.75, 3.05) is 13.2 Å². The molecule has 0 aliphatic rings. The number of nitrogens with one attached hydrogen (secondary N) is 1. The largest absolute Gasteiger partial charge is 0.395 e. The molecule has 5 heteroatoms. The second-order valence-electron chi connectivity index (χ2n) is 3.08. The van der Waals surface area contributed by atoms with Crippen LogP contribution in [0, 0.1) is 0 Å². The van der Waals surface area contributed by atoms with E-state index in [2.05, 4.69) is 15.3 Å². The summed E-state index contributed by atoms with van der Waals surface area (Å²) in [5.74, 6) is 0. The van der Waals surface area contributed by atoms with E-state index in [0.717, 1.165) is 5.69 Å². The maximum atomic E-state index is 8.86. The van der Waals surface area contributed by atoms with Crippen LogP contribution in [0.15, 0.2) is 18.6 Å². The smallest absolute Gasteiger partial charge is 0.0753 e. The lowest BCUT2D eigenvalue weighted by molar-refractivity contribution is 0.163. The minimum atomic E-state index is -0.313. The van der Waals surface area contributed by atoms with Crippen LogP contribution in [0.5, 0.6) is 0 Å². The first-order valence-electron chi connectivity index (χ1n) is 4.51. The number of aliphatic hydroxyl groups is 2. The molecule has 0 radical (unpaired) electrons. The summed E-state index contributed by atoms with van der Waals surface area (Å²) in [4.78, 5) is 8.05. The summed E-state index contributed by atoms with van der Waals surface area (Å²) in [5, 5.41) is 20.8. The van der Waals surface area contributed by atoms with Gasteiger partial charge in [0.2, 0.25) is 0 Å². The summed E-state index contributed by atoms with van der Waals surface area (Å²) in [6.07, 6.45) is 4.87. The van der Waals surface area contributed by atoms with Crippen LogP contribution in [0.2, 0.25) is 0 Å². The summed E-state index contributed by atoms with van der Waals surface area (Å²) in [6, 6.07) is -0.347. The third-order valence-electron chi connectivity index (χ3n) is 1.95. The van der Waals surface area contributed by atoms with Crippen molar-refractivity contribution in [1.29, 1.82) is 0 Å². The molecule has 0 aromatic carbocycles. The van der Waals surface area contributed by atoms with E-state index in [1.165, 1.54) is 0 Å². The van der Waals surface area contributed by atoms with Crippen LogP contribution in [0.1, 0.15) is 18.7 Å². The van der Waals surface area contributed by atoms with Crippen LogP contribution in [0.3, 0.4) is 0 Å². The van der Waals surface area contributed by atoms with E-state index in [1.54, 1.807) is 18.6 Å². The van der Waals surface area contributed by atoms with Gasteiger partial charge in [-0.15, -0.1) is 0 Å². The molecular formula is C9H15N3O2. The molecule has 1 aromatic rings. The topological polar surface area (TPSA) is 78.3 Å². The van der Waals surface area contributed by atoms with Gasteiger partial charge in [-0.25, -0.2) is 0 Å². The SMILES string of the molecule is CC(NC(CO)CO)c1cnccn1. The highest BCUT2D eigenvalue weighted by molar-refractivity contribution is 5.01. The van der Waals surface area contributed by atoms with Gasteiger partial charge in [-0.05, 0) is 6.92 Å². The van der Waals surface area contributed by atoms with E-state index in [1.807, 2.05) is 6.92 Å². The second-order valence-corrected chi connectivity index (χ2v) is 3.08. The molecule has 0 saturated heterocycles. The van der Waals surface area contributed by atoms with Gasteiger partial charge in [0.15, 0.2) is 0 Å². The van der Waals surface area contributed by atoms with Crippen molar-refractivity contribution in [2.45, 2.75) is 19.0 Å². The molecule has 0 bridgehead atoms. The molecule has 1 unspecified atom stereocenters. The van der Waals surface area contributed by atoms with Gasteiger partial charge in [-0.2, -0.15) is 0 Å². The summed E-state index contributed by atoms with van der Waals surface area (Å²) in [7, 11) is 0. The van der Waals surface area contributed by atoms with Crippen LogP contribution < -0.4 is 5.32 Å². The first-order chi connectivity index (χ1) is 6.77. The van der Waals surface area contributed by atoms with E-state index in [9.17, 15) is 0 Å². The molecule has 0 fully saturated rings. The van der Waals surface area contributed by atoms with E-state index in [0.29, 0.717) is 0 Å². The first kappa shape index (κ1) is 11.0. The van der Waals surface area contributed by atoms with Crippen LogP contribution in [-0.2, 0) is 0 Å². The zero-order valence-electron chi connectivity index (χ0n) is 8.09. The fraction of sp³-hybridized carbons (Fsp3) is 0.556. The first-order valence-corrected chi connectivity index (χ1v) is 4.51. The van der Waals surface area contributed by atoms with Crippen molar-refractivity contribution in [3.8, 4) is 0 Å². The van der Waals surface area contributed by atoms with Gasteiger partial charge in [0.25, 0.3) is 0 Å². The molecule has 0 aliphatic carbocycles. The standard InChI is InChI=1S/C9H15N3O2/c1-7(12-8(5-13)6-14)9-4-10-2-3-11-9/h2-4,7-8,12-14H,5-6H2,1H3. The summed E-state index contributed by atoms with van der Waals surface area (Å²) in [5.41, 5.74) is 0.791. The lowest BCUT2D eigenvalue weighted by atomic mass is 10.2. The highest BCUT2D eigenvalue weighted by atomic mass is 16.3. The number of hydrogen-bond donors (Lipinski definition) is 3. The molecule has 0 amide bonds. The Morgan fingerprint density at radius 1 is 1.36 bits per heavy atom. The van der Waals surface area contributed by atoms with Crippen LogP contribution in [-0.4, -0.2) is 39.4 Å². The Hall–Kier alpha value is -1.04. The van der Waals surface area contributed by atoms with E-state index < -0.39 is 0 Å². The van der Waals surface area contributed by atoms with Crippen LogP contribution in [0.25, 0.3) is 0 Å². The molecule has 0 aliphatic heterocycles. The maximum absolute atomic E-state index is 8.86. The molecule has 3 N–H and O–H groups in total. The lowest BCUT2D eigenvalue weighted by Crippen LogP contribution is -2.37. The lowest BCUT2D eigenvalue weighted by Gasteiger charge is -2.18. The Morgan fingerprint density at radius 3 is 2.57 bits per heavy atom. The highest BCUT2D eigenvalue weighted by Crippen LogP contribution is 2.07. The molecule has 1 heterocycles. The van der Waals surface area contributed by atoms with Gasteiger partial charge < -0.3 is 15.5 Å². The minimum absolute atomic E-state index is 0.0343. The quantitative estimate of drug-likeness (QED) is 0.592. The van der Waals surface area contributed by atoms with E-state index >= 15 is 0 Å². The number of rotatable bonds is 5. The van der Waals surface area contributed by atoms with Gasteiger partial charge in [-0.1, -0.05) is 0 Å². The average Bonchev–Trinajstić information content (AvgIpc) is 2.26. The van der Waals surface area contributed by atoms with Crippen molar-refractivity contribution in [1.82, 2.24) is 15.3 Å². The van der Waals surface area contributed by atoms with Crippen LogP contribution in [0.4, 0.5) is 0 Å². The van der Waals surface area contributed by atoms with Gasteiger partial charge in [0, 0.05) is 24.6 Å². The van der Waals surface area contributed by atoms with Crippen molar-refractivity contribution < 1.29 is 10.2 Å². The van der Waals surface area contributed by atoms with Crippen molar-refractivity contribution in [3.05, 3.63) is 24.3 Å². The van der Waals surface area contributed by atoms with E-state index in [4.69, 9.17) is 10.2 Å². The Bertz CT molecular complexity index is 251. The molecular weight excluding hydrogens is 182 g/mol. The van der Waals surface area contributed by atoms with Gasteiger partial charge in [0.1, 0.15) is 0 Å². The number of nitrogens with zero attached hydrogens (tertiary/aromatic N) is 2. The maximum Gasteiger partial charge on any atom is 0.0753 e. The molecule has 0 spiro atoms. The van der Waals surface area contributed by atoms with Gasteiger partial charge >= 0.3 is 0 Å². The zero-order valence-corrected chi connectivity index (χ0v) is 8.09. The van der Waals surface area contributed by atoms with E-state index in [-0.39, 0.29) is 25.3 Å². The molecule has 1 atom stereocenters. The van der Waals surface area contributed by atoms with Crippen molar-refractivity contribution in [2.24, 2.45) is 0 Å². The third-order valence-corrected chi connectivity index (χ3v) is 1.95. The fourth-order valence-corrected chi connectivity index (χ4v) is 1.14. The predicted molar refractivity (Wildman–Crippen MR) is 51.5 cm³/mol. The zero-order chi connectivity index (χ0) is 10.4. The Morgan fingerprint density at radius 2 is 2.07 bits per heavy atom. The molecule has 1 aromatic heterocycles. The number of hydrogen-bond acceptors (Lipinski definition) is 5. The van der Waals surface area contributed by atoms with Crippen molar-refractivity contribution >= 4 is 0 Å². The summed E-state index contributed by atoms with van der Waals surface area (Å²) < 4.78 is 0. The molecule has 5 nitrogen and oxygen atoms in total. The number of aliphatic hydroxyl groups excluding tert-OH is 2. The Kier molecular flexibility index (Phi) is 4.45. The molecule has 1 rings (SSSR count). The normalized spacial score (nSPS) is 13.1. The fourth-order valence-electron chi connectivity index (χ4n) is 1.14. The Balaban J connectivity index is 2.54. The highest BCUT2D eigenvalue weighted by Gasteiger charge is 2.12. The summed E-state index contributed by atoms with van der Waals surface area (Å²) in [6.45, 7) is 1.71. The second kappa shape index (κ2) is 5.64. The average molecular weight is 197 g/mol. The Labute approximate surface area is 82.8 Å². The van der Waals surface area contributed by atoms with Crippen LogP contribution >= 0.6 is 0 Å². The van der Waals surface area contributed by atoms with Crippen molar-refractivity contribution in [3.63, 3.8) is 0 Å². The molecule has 14 heavy (non-hydrogen) atoms. The minimum Gasteiger partial charge on any atom is -0.395 e. The van der Waals surface area contributed by atoms with Gasteiger partial charge in [-0.3, -0.25) is 9.97 Å². The number of aromatic nitrogens is 2. The molecule has 0 saturated carbocycles. The monoisotopic (exact) mass is 197 g/mol. The third kappa shape index (κ3) is 3.02. The van der Waals surface area contributed by atoms with Gasteiger partial charge in [0.05, 0.1) is 24.9 Å². The molecule has 78 valence electrons. The predicted octanol–water partition coefficient (Wildman–Crippen LogP) is -0.520.